The maximum absolute atomic E-state index is 5.93. The highest BCUT2D eigenvalue weighted by Crippen LogP contribution is 2.26. The predicted octanol–water partition coefficient (Wildman–Crippen LogP) is 4.94. The molecule has 0 spiro atoms. The van der Waals surface area contributed by atoms with E-state index in [4.69, 9.17) is 9.15 Å². The van der Waals surface area contributed by atoms with E-state index in [-0.39, 0.29) is 5.54 Å². The molecule has 2 aromatic carbocycles. The van der Waals surface area contributed by atoms with Crippen LogP contribution in [0.2, 0.25) is 0 Å². The molecule has 3 rings (SSSR count). The van der Waals surface area contributed by atoms with Crippen molar-refractivity contribution in [2.24, 2.45) is 0 Å². The molecule has 0 unspecified atom stereocenters. The fourth-order valence-corrected chi connectivity index (χ4v) is 2.66. The van der Waals surface area contributed by atoms with Crippen molar-refractivity contribution < 1.29 is 9.15 Å². The lowest BCUT2D eigenvalue weighted by molar-refractivity contribution is 0.306. The molecule has 24 heavy (non-hydrogen) atoms. The first-order valence-electron chi connectivity index (χ1n) is 8.43. The second-order valence-electron chi connectivity index (χ2n) is 7.12. The van der Waals surface area contributed by atoms with Crippen molar-refractivity contribution in [2.75, 3.05) is 6.54 Å². The molecule has 0 saturated heterocycles. The van der Waals surface area contributed by atoms with Crippen molar-refractivity contribution in [1.29, 1.82) is 0 Å². The molecule has 0 saturated carbocycles. The van der Waals surface area contributed by atoms with Gasteiger partial charge in [0.25, 0.3) is 0 Å². The Bertz CT molecular complexity index is 784. The van der Waals surface area contributed by atoms with E-state index in [9.17, 15) is 0 Å². The molecule has 0 aliphatic heterocycles. The molecule has 3 heteroatoms. The standard InChI is InChI=1S/C21H25NO2/c1-21(2,3)22-12-11-17-15-24-20-10-9-18(13-19(17)20)23-14-16-7-5-4-6-8-16/h4-10,13,15,22H,11-12,14H2,1-3H3. The maximum Gasteiger partial charge on any atom is 0.134 e. The third-order valence-electron chi connectivity index (χ3n) is 3.92. The average Bonchev–Trinajstić information content (AvgIpc) is 2.95. The molecule has 0 aliphatic carbocycles. The van der Waals surface area contributed by atoms with Crippen molar-refractivity contribution >= 4 is 11.0 Å². The third-order valence-corrected chi connectivity index (χ3v) is 3.92. The van der Waals surface area contributed by atoms with E-state index in [1.807, 2.05) is 36.6 Å². The second kappa shape index (κ2) is 7.10. The first-order chi connectivity index (χ1) is 11.5. The minimum absolute atomic E-state index is 0.128. The van der Waals surface area contributed by atoms with Crippen molar-refractivity contribution in [1.82, 2.24) is 5.32 Å². The van der Waals surface area contributed by atoms with E-state index < -0.39 is 0 Å². The highest BCUT2D eigenvalue weighted by molar-refractivity contribution is 5.82. The topological polar surface area (TPSA) is 34.4 Å². The zero-order valence-electron chi connectivity index (χ0n) is 14.6. The van der Waals surface area contributed by atoms with Crippen LogP contribution in [0.3, 0.4) is 0 Å². The molecule has 1 N–H and O–H groups in total. The van der Waals surface area contributed by atoms with Gasteiger partial charge in [-0.05, 0) is 63.1 Å². The van der Waals surface area contributed by atoms with Gasteiger partial charge in [-0.15, -0.1) is 0 Å². The first kappa shape index (κ1) is 16.6. The van der Waals surface area contributed by atoms with Gasteiger partial charge in [-0.25, -0.2) is 0 Å². The second-order valence-corrected chi connectivity index (χ2v) is 7.12. The number of hydrogen-bond donors (Lipinski definition) is 1. The van der Waals surface area contributed by atoms with Crippen LogP contribution in [-0.2, 0) is 13.0 Å². The molecule has 0 atom stereocenters. The van der Waals surface area contributed by atoms with Crippen molar-refractivity contribution in [3.05, 3.63) is 65.9 Å². The largest absolute Gasteiger partial charge is 0.489 e. The fraction of sp³-hybridized carbons (Fsp3) is 0.333. The van der Waals surface area contributed by atoms with Gasteiger partial charge in [-0.3, -0.25) is 0 Å². The molecule has 1 aromatic heterocycles. The van der Waals surface area contributed by atoms with E-state index in [1.165, 1.54) is 11.1 Å². The van der Waals surface area contributed by atoms with Gasteiger partial charge in [0, 0.05) is 10.9 Å². The molecule has 1 heterocycles. The molecule has 0 amide bonds. The van der Waals surface area contributed by atoms with Gasteiger partial charge in [0.2, 0.25) is 0 Å². The van der Waals surface area contributed by atoms with E-state index in [1.54, 1.807) is 0 Å². The summed E-state index contributed by atoms with van der Waals surface area (Å²) in [7, 11) is 0. The Hall–Kier alpha value is -2.26. The van der Waals surface area contributed by atoms with Crippen LogP contribution in [0.5, 0.6) is 5.75 Å². The van der Waals surface area contributed by atoms with Gasteiger partial charge in [-0.2, -0.15) is 0 Å². The Balaban J connectivity index is 1.69. The van der Waals surface area contributed by atoms with E-state index in [0.717, 1.165) is 29.7 Å². The minimum Gasteiger partial charge on any atom is -0.489 e. The summed E-state index contributed by atoms with van der Waals surface area (Å²) in [5, 5.41) is 4.65. The van der Waals surface area contributed by atoms with Crippen molar-refractivity contribution in [3.8, 4) is 5.75 Å². The lowest BCUT2D eigenvalue weighted by Crippen LogP contribution is -2.37. The highest BCUT2D eigenvalue weighted by atomic mass is 16.5. The Kier molecular flexibility index (Phi) is 4.91. The molecule has 126 valence electrons. The Labute approximate surface area is 143 Å². The quantitative estimate of drug-likeness (QED) is 0.697. The summed E-state index contributed by atoms with van der Waals surface area (Å²) in [6.45, 7) is 8.03. The number of furan rings is 1. The maximum atomic E-state index is 5.93. The van der Waals surface area contributed by atoms with Crippen LogP contribution in [0.25, 0.3) is 11.0 Å². The van der Waals surface area contributed by atoms with Crippen LogP contribution in [0.4, 0.5) is 0 Å². The number of ether oxygens (including phenoxy) is 1. The number of hydrogen-bond acceptors (Lipinski definition) is 3. The lowest BCUT2D eigenvalue weighted by atomic mass is 10.1. The van der Waals surface area contributed by atoms with Gasteiger partial charge in [-0.1, -0.05) is 30.3 Å². The SMILES string of the molecule is CC(C)(C)NCCc1coc2ccc(OCc3ccccc3)cc12. The zero-order valence-corrected chi connectivity index (χ0v) is 14.6. The Morgan fingerprint density at radius 3 is 2.58 bits per heavy atom. The summed E-state index contributed by atoms with van der Waals surface area (Å²) in [6, 6.07) is 16.2. The third kappa shape index (κ3) is 4.39. The van der Waals surface area contributed by atoms with Gasteiger partial charge in [0.05, 0.1) is 6.26 Å². The highest BCUT2D eigenvalue weighted by Gasteiger charge is 2.11. The van der Waals surface area contributed by atoms with E-state index in [0.29, 0.717) is 6.61 Å². The van der Waals surface area contributed by atoms with Crippen LogP contribution in [0.1, 0.15) is 31.9 Å². The summed E-state index contributed by atoms with van der Waals surface area (Å²) < 4.78 is 11.6. The number of nitrogens with one attached hydrogen (secondary N) is 1. The van der Waals surface area contributed by atoms with Gasteiger partial charge >= 0.3 is 0 Å². The molecule has 0 aliphatic rings. The summed E-state index contributed by atoms with van der Waals surface area (Å²) in [5.74, 6) is 0.873. The summed E-state index contributed by atoms with van der Waals surface area (Å²) in [6.07, 6.45) is 2.79. The van der Waals surface area contributed by atoms with E-state index >= 15 is 0 Å². The summed E-state index contributed by atoms with van der Waals surface area (Å²) in [4.78, 5) is 0. The number of rotatable bonds is 6. The normalized spacial score (nSPS) is 11.8. The molecule has 3 aromatic rings. The van der Waals surface area contributed by atoms with Crippen molar-refractivity contribution in [2.45, 2.75) is 39.3 Å². The Morgan fingerprint density at radius 2 is 1.83 bits per heavy atom. The predicted molar refractivity (Wildman–Crippen MR) is 98.4 cm³/mol. The minimum atomic E-state index is 0.128. The van der Waals surface area contributed by atoms with Gasteiger partial charge in [0.15, 0.2) is 0 Å². The smallest absolute Gasteiger partial charge is 0.134 e. The van der Waals surface area contributed by atoms with E-state index in [2.05, 4.69) is 44.3 Å². The monoisotopic (exact) mass is 323 g/mol. The molecular formula is C21H25NO2. The van der Waals surface area contributed by atoms with Crippen LogP contribution in [0.15, 0.2) is 59.2 Å². The molecule has 3 nitrogen and oxygen atoms in total. The van der Waals surface area contributed by atoms with Crippen LogP contribution in [-0.4, -0.2) is 12.1 Å². The molecular weight excluding hydrogens is 298 g/mol. The molecule has 0 bridgehead atoms. The Morgan fingerprint density at radius 1 is 1.04 bits per heavy atom. The number of benzene rings is 2. The number of fused-ring (bicyclic) bond motifs is 1. The lowest BCUT2D eigenvalue weighted by Gasteiger charge is -2.20. The van der Waals surface area contributed by atoms with Crippen LogP contribution in [0, 0.1) is 0 Å². The van der Waals surface area contributed by atoms with Crippen LogP contribution >= 0.6 is 0 Å². The molecule has 0 radical (unpaired) electrons. The van der Waals surface area contributed by atoms with Gasteiger partial charge < -0.3 is 14.5 Å². The summed E-state index contributed by atoms with van der Waals surface area (Å²) in [5.41, 5.74) is 3.42. The fourth-order valence-electron chi connectivity index (χ4n) is 2.66. The van der Waals surface area contributed by atoms with Gasteiger partial charge in [0.1, 0.15) is 17.9 Å². The summed E-state index contributed by atoms with van der Waals surface area (Å²) >= 11 is 0. The average molecular weight is 323 g/mol. The van der Waals surface area contributed by atoms with Crippen molar-refractivity contribution in [3.63, 3.8) is 0 Å². The van der Waals surface area contributed by atoms with Crippen LogP contribution < -0.4 is 10.1 Å². The molecule has 0 fully saturated rings. The first-order valence-corrected chi connectivity index (χ1v) is 8.43. The zero-order chi connectivity index (χ0) is 17.0.